The van der Waals surface area contributed by atoms with E-state index in [2.05, 4.69) is 10.3 Å². The summed E-state index contributed by atoms with van der Waals surface area (Å²) in [4.78, 5) is 16.6. The molecule has 1 aliphatic heterocycles. The molecule has 0 atom stereocenters. The number of fused-ring (bicyclic) bond motifs is 1. The van der Waals surface area contributed by atoms with Crippen LogP contribution in [-0.2, 0) is 4.79 Å². The van der Waals surface area contributed by atoms with E-state index in [1.807, 2.05) is 36.4 Å². The Morgan fingerprint density at radius 1 is 1.26 bits per heavy atom. The number of hydrogen-bond donors (Lipinski definition) is 1. The Bertz CT molecular complexity index is 746. The van der Waals surface area contributed by atoms with Crippen molar-refractivity contribution < 1.29 is 14.3 Å². The maximum atomic E-state index is 12.1. The first-order valence-corrected chi connectivity index (χ1v) is 8.10. The number of rotatable bonds is 4. The molecule has 1 heterocycles. The van der Waals surface area contributed by atoms with E-state index in [4.69, 9.17) is 9.47 Å². The molecular formula is C17H16N2O3S. The predicted octanol–water partition coefficient (Wildman–Crippen LogP) is 3.49. The number of thioether (sulfide) groups is 1. The SMILES string of the molecule is COc1ccccc1NC(=O)CSC1=Nc2ccccc2OC1. The van der Waals surface area contributed by atoms with Gasteiger partial charge in [0, 0.05) is 0 Å². The summed E-state index contributed by atoms with van der Waals surface area (Å²) >= 11 is 1.37. The fraction of sp³-hybridized carbons (Fsp3) is 0.176. The molecule has 0 spiro atoms. The standard InChI is InChI=1S/C17H16N2O3S/c1-21-14-8-4-2-6-12(14)18-16(20)11-23-17-10-22-15-9-5-3-7-13(15)19-17/h2-9H,10-11H2,1H3,(H,18,20). The molecule has 0 aliphatic carbocycles. The zero-order valence-electron chi connectivity index (χ0n) is 12.6. The number of ether oxygens (including phenoxy) is 2. The average Bonchev–Trinajstić information content (AvgIpc) is 2.60. The molecule has 1 aliphatic rings. The molecule has 0 saturated carbocycles. The highest BCUT2D eigenvalue weighted by atomic mass is 32.2. The maximum Gasteiger partial charge on any atom is 0.234 e. The van der Waals surface area contributed by atoms with Crippen LogP contribution in [0.1, 0.15) is 0 Å². The van der Waals surface area contributed by atoms with Gasteiger partial charge in [-0.2, -0.15) is 0 Å². The van der Waals surface area contributed by atoms with Gasteiger partial charge in [-0.3, -0.25) is 4.79 Å². The molecule has 2 aromatic rings. The van der Waals surface area contributed by atoms with Gasteiger partial charge in [-0.15, -0.1) is 0 Å². The Kier molecular flexibility index (Phi) is 4.83. The monoisotopic (exact) mass is 328 g/mol. The van der Waals surface area contributed by atoms with Gasteiger partial charge in [0.1, 0.15) is 28.8 Å². The summed E-state index contributed by atoms with van der Waals surface area (Å²) in [5.41, 5.74) is 1.46. The number of anilines is 1. The Labute approximate surface area is 138 Å². The summed E-state index contributed by atoms with van der Waals surface area (Å²) in [6, 6.07) is 14.9. The number of methoxy groups -OCH3 is 1. The second-order valence-electron chi connectivity index (χ2n) is 4.80. The number of amides is 1. The molecule has 6 heteroatoms. The van der Waals surface area contributed by atoms with Crippen molar-refractivity contribution >= 4 is 34.1 Å². The third kappa shape index (κ3) is 3.84. The minimum absolute atomic E-state index is 0.110. The van der Waals surface area contributed by atoms with Gasteiger partial charge in [-0.1, -0.05) is 36.0 Å². The lowest BCUT2D eigenvalue weighted by Crippen LogP contribution is -2.18. The van der Waals surface area contributed by atoms with Crippen molar-refractivity contribution in [3.05, 3.63) is 48.5 Å². The average molecular weight is 328 g/mol. The van der Waals surface area contributed by atoms with Crippen molar-refractivity contribution in [2.75, 3.05) is 24.8 Å². The molecule has 23 heavy (non-hydrogen) atoms. The van der Waals surface area contributed by atoms with Crippen molar-refractivity contribution in [3.8, 4) is 11.5 Å². The second-order valence-corrected chi connectivity index (χ2v) is 5.85. The fourth-order valence-electron chi connectivity index (χ4n) is 2.13. The lowest BCUT2D eigenvalue weighted by atomic mass is 10.3. The number of benzene rings is 2. The number of hydrogen-bond acceptors (Lipinski definition) is 5. The van der Waals surface area contributed by atoms with Gasteiger partial charge in [-0.25, -0.2) is 4.99 Å². The first-order valence-electron chi connectivity index (χ1n) is 7.11. The van der Waals surface area contributed by atoms with E-state index in [1.165, 1.54) is 11.8 Å². The highest BCUT2D eigenvalue weighted by molar-refractivity contribution is 8.14. The van der Waals surface area contributed by atoms with Crippen LogP contribution in [-0.4, -0.2) is 30.4 Å². The summed E-state index contributed by atoms with van der Waals surface area (Å²) in [7, 11) is 1.57. The minimum Gasteiger partial charge on any atom is -0.495 e. The fourth-order valence-corrected chi connectivity index (χ4v) is 2.81. The molecule has 0 unspecified atom stereocenters. The van der Waals surface area contributed by atoms with Gasteiger partial charge in [0.05, 0.1) is 18.6 Å². The van der Waals surface area contributed by atoms with E-state index < -0.39 is 0 Å². The lowest BCUT2D eigenvalue weighted by Gasteiger charge is -2.16. The van der Waals surface area contributed by atoms with Crippen LogP contribution in [0.15, 0.2) is 53.5 Å². The number of aliphatic imine (C=N–C) groups is 1. The van der Waals surface area contributed by atoms with E-state index in [9.17, 15) is 4.79 Å². The van der Waals surface area contributed by atoms with Crippen LogP contribution in [0.3, 0.4) is 0 Å². The van der Waals surface area contributed by atoms with Crippen LogP contribution >= 0.6 is 11.8 Å². The Balaban J connectivity index is 1.59. The summed E-state index contributed by atoms with van der Waals surface area (Å²) in [5, 5.41) is 3.63. The summed E-state index contributed by atoms with van der Waals surface area (Å²) in [5.74, 6) is 1.57. The Morgan fingerprint density at radius 3 is 2.91 bits per heavy atom. The van der Waals surface area contributed by atoms with Gasteiger partial charge >= 0.3 is 0 Å². The zero-order valence-corrected chi connectivity index (χ0v) is 13.4. The third-order valence-corrected chi connectivity index (χ3v) is 4.16. The molecular weight excluding hydrogens is 312 g/mol. The summed E-state index contributed by atoms with van der Waals surface area (Å²) in [6.07, 6.45) is 0. The molecule has 1 N–H and O–H groups in total. The van der Waals surface area contributed by atoms with E-state index in [0.29, 0.717) is 18.0 Å². The molecule has 1 amide bonds. The zero-order chi connectivity index (χ0) is 16.1. The number of carbonyl (C=O) groups is 1. The summed E-state index contributed by atoms with van der Waals surface area (Å²) in [6.45, 7) is 0.392. The topological polar surface area (TPSA) is 59.9 Å². The molecule has 5 nitrogen and oxygen atoms in total. The third-order valence-electron chi connectivity index (χ3n) is 3.21. The van der Waals surface area contributed by atoms with Gasteiger partial charge in [0.15, 0.2) is 0 Å². The van der Waals surface area contributed by atoms with Crippen molar-refractivity contribution in [2.45, 2.75) is 0 Å². The van der Waals surface area contributed by atoms with Gasteiger partial charge in [0.2, 0.25) is 5.91 Å². The predicted molar refractivity (Wildman–Crippen MR) is 93.1 cm³/mol. The normalized spacial score (nSPS) is 12.7. The molecule has 3 rings (SSSR count). The minimum atomic E-state index is -0.110. The molecule has 0 fully saturated rings. The van der Waals surface area contributed by atoms with E-state index in [-0.39, 0.29) is 11.7 Å². The molecule has 2 aromatic carbocycles. The number of nitrogens with zero attached hydrogens (tertiary/aromatic N) is 1. The van der Waals surface area contributed by atoms with Crippen LogP contribution in [0.4, 0.5) is 11.4 Å². The quantitative estimate of drug-likeness (QED) is 0.933. The number of nitrogens with one attached hydrogen (secondary N) is 1. The van der Waals surface area contributed by atoms with Crippen LogP contribution in [0.2, 0.25) is 0 Å². The van der Waals surface area contributed by atoms with E-state index >= 15 is 0 Å². The van der Waals surface area contributed by atoms with Gasteiger partial charge in [0.25, 0.3) is 0 Å². The van der Waals surface area contributed by atoms with Crippen molar-refractivity contribution in [2.24, 2.45) is 4.99 Å². The maximum absolute atomic E-state index is 12.1. The number of carbonyl (C=O) groups excluding carboxylic acids is 1. The lowest BCUT2D eigenvalue weighted by molar-refractivity contribution is -0.113. The first kappa shape index (κ1) is 15.4. The van der Waals surface area contributed by atoms with Crippen molar-refractivity contribution in [1.82, 2.24) is 0 Å². The largest absolute Gasteiger partial charge is 0.495 e. The molecule has 0 aromatic heterocycles. The molecule has 0 saturated heterocycles. The van der Waals surface area contributed by atoms with Crippen molar-refractivity contribution in [1.29, 1.82) is 0 Å². The Hall–Kier alpha value is -2.47. The van der Waals surface area contributed by atoms with E-state index in [1.54, 1.807) is 19.2 Å². The van der Waals surface area contributed by atoms with Gasteiger partial charge in [-0.05, 0) is 24.3 Å². The molecule has 0 bridgehead atoms. The Morgan fingerprint density at radius 2 is 2.04 bits per heavy atom. The molecule has 0 radical (unpaired) electrons. The second kappa shape index (κ2) is 7.19. The van der Waals surface area contributed by atoms with Crippen LogP contribution in [0.5, 0.6) is 11.5 Å². The summed E-state index contributed by atoms with van der Waals surface area (Å²) < 4.78 is 10.8. The van der Waals surface area contributed by atoms with E-state index in [0.717, 1.165) is 16.5 Å². The van der Waals surface area contributed by atoms with Crippen molar-refractivity contribution in [3.63, 3.8) is 0 Å². The van der Waals surface area contributed by atoms with Crippen LogP contribution in [0.25, 0.3) is 0 Å². The smallest absolute Gasteiger partial charge is 0.234 e. The first-order chi connectivity index (χ1) is 11.3. The van der Waals surface area contributed by atoms with Crippen LogP contribution in [0, 0.1) is 0 Å². The van der Waals surface area contributed by atoms with Crippen LogP contribution < -0.4 is 14.8 Å². The molecule has 118 valence electrons. The number of para-hydroxylation sites is 4. The van der Waals surface area contributed by atoms with Gasteiger partial charge < -0.3 is 14.8 Å². The highest BCUT2D eigenvalue weighted by Gasteiger charge is 2.14. The highest BCUT2D eigenvalue weighted by Crippen LogP contribution is 2.31.